The molecule has 7 nitrogen and oxygen atoms in total. The Morgan fingerprint density at radius 1 is 1.41 bits per heavy atom. The van der Waals surface area contributed by atoms with Crippen LogP contribution in [0.5, 0.6) is 0 Å². The molecular weight excluding hydrogens is 350 g/mol. The Balaban J connectivity index is 1.96. The fourth-order valence-corrected chi connectivity index (χ4v) is 2.47. The average molecular weight is 360 g/mol. The molecule has 2 aromatic rings. The van der Waals surface area contributed by atoms with Gasteiger partial charge in [-0.1, -0.05) is 13.2 Å². The number of hydrogen-bond acceptors (Lipinski definition) is 5. The first kappa shape index (κ1) is 14.3. The summed E-state index contributed by atoms with van der Waals surface area (Å²) in [4.78, 5) is 34.2. The summed E-state index contributed by atoms with van der Waals surface area (Å²) in [5, 5.41) is 7.05. The van der Waals surface area contributed by atoms with E-state index in [0.29, 0.717) is 26.9 Å². The van der Waals surface area contributed by atoms with Crippen LogP contribution in [0, 0.1) is 0 Å². The first-order chi connectivity index (χ1) is 10.5. The fraction of sp³-hybridized carbons (Fsp3) is 0.0714. The fourth-order valence-electron chi connectivity index (χ4n) is 2.22. The summed E-state index contributed by atoms with van der Waals surface area (Å²) in [5.41, 5.74) is 1.40. The Morgan fingerprint density at radius 2 is 2.18 bits per heavy atom. The number of H-pyrrole nitrogens is 1. The second-order valence-electron chi connectivity index (χ2n) is 4.58. The van der Waals surface area contributed by atoms with Crippen LogP contribution < -0.4 is 0 Å². The monoisotopic (exact) mass is 359 g/mol. The highest BCUT2D eigenvalue weighted by Gasteiger charge is 2.38. The molecule has 1 aliphatic rings. The Bertz CT molecular complexity index is 867. The van der Waals surface area contributed by atoms with Crippen LogP contribution in [0.15, 0.2) is 42.3 Å². The lowest BCUT2D eigenvalue weighted by atomic mass is 10.1. The van der Waals surface area contributed by atoms with Gasteiger partial charge in [0, 0.05) is 6.20 Å². The van der Waals surface area contributed by atoms with E-state index < -0.39 is 11.8 Å². The lowest BCUT2D eigenvalue weighted by Crippen LogP contribution is -2.31. The molecule has 0 atom stereocenters. The number of allylic oxidation sites excluding steroid dienone is 1. The number of carbonyl (C=O) groups is 2. The van der Waals surface area contributed by atoms with Gasteiger partial charge in [0.2, 0.25) is 0 Å². The molecule has 3 rings (SSSR count). The highest BCUT2D eigenvalue weighted by molar-refractivity contribution is 9.18. The maximum atomic E-state index is 12.5. The van der Waals surface area contributed by atoms with Crippen LogP contribution in [0.1, 0.15) is 20.7 Å². The molecule has 8 heteroatoms. The van der Waals surface area contributed by atoms with Crippen molar-refractivity contribution in [2.24, 2.45) is 4.99 Å². The maximum Gasteiger partial charge on any atom is 0.263 e. The number of pyridine rings is 1. The summed E-state index contributed by atoms with van der Waals surface area (Å²) in [6.45, 7) is 7.29. The predicted octanol–water partition coefficient (Wildman–Crippen LogP) is 2.05. The summed E-state index contributed by atoms with van der Waals surface area (Å²) in [5.74, 6) is -0.818. The summed E-state index contributed by atoms with van der Waals surface area (Å²) < 4.78 is 0.480. The lowest BCUT2D eigenvalue weighted by Gasteiger charge is -2.13. The van der Waals surface area contributed by atoms with Crippen LogP contribution in [-0.2, 0) is 0 Å². The second kappa shape index (κ2) is 5.30. The molecule has 0 unspecified atom stereocenters. The van der Waals surface area contributed by atoms with Crippen molar-refractivity contribution < 1.29 is 9.59 Å². The molecule has 1 aliphatic heterocycles. The lowest BCUT2D eigenvalue weighted by molar-refractivity contribution is 0.0668. The third-order valence-electron chi connectivity index (χ3n) is 3.19. The maximum absolute atomic E-state index is 12.5. The molecule has 22 heavy (non-hydrogen) atoms. The van der Waals surface area contributed by atoms with E-state index in [9.17, 15) is 9.59 Å². The van der Waals surface area contributed by atoms with Crippen LogP contribution in [0.2, 0.25) is 0 Å². The number of nitrogens with zero attached hydrogens (tertiary/aromatic N) is 4. The van der Waals surface area contributed by atoms with Crippen molar-refractivity contribution in [1.82, 2.24) is 20.1 Å². The van der Waals surface area contributed by atoms with Crippen LogP contribution in [-0.4, -0.2) is 43.1 Å². The number of aromatic nitrogens is 3. The van der Waals surface area contributed by atoms with E-state index in [-0.39, 0.29) is 12.1 Å². The van der Waals surface area contributed by atoms with Crippen LogP contribution in [0.4, 0.5) is 0 Å². The summed E-state index contributed by atoms with van der Waals surface area (Å²) in [6.07, 6.45) is 4.35. The Labute approximate surface area is 133 Å². The van der Waals surface area contributed by atoms with Gasteiger partial charge in [-0.15, -0.1) is 0 Å². The van der Waals surface area contributed by atoms with Gasteiger partial charge in [0.1, 0.15) is 4.62 Å². The number of aromatic amines is 1. The number of carbonyl (C=O) groups excluding carboxylic acids is 2. The SMILES string of the molecule is C=CC(Br)=NC(=C)CN1C(=O)c2cnc3[nH]ncc3c2C1=O. The van der Waals surface area contributed by atoms with Crippen molar-refractivity contribution in [3.05, 3.63) is 48.5 Å². The van der Waals surface area contributed by atoms with Gasteiger partial charge in [0.05, 0.1) is 35.0 Å². The molecule has 3 heterocycles. The normalized spacial score (nSPS) is 14.6. The molecule has 0 bridgehead atoms. The van der Waals surface area contributed by atoms with Gasteiger partial charge in [-0.25, -0.2) is 9.98 Å². The quantitative estimate of drug-likeness (QED) is 0.667. The van der Waals surface area contributed by atoms with E-state index in [4.69, 9.17) is 0 Å². The number of amides is 2. The Kier molecular flexibility index (Phi) is 3.45. The minimum atomic E-state index is -0.415. The number of aliphatic imine (C=N–C) groups is 1. The summed E-state index contributed by atoms with van der Waals surface area (Å²) in [7, 11) is 0. The number of hydrogen-bond donors (Lipinski definition) is 1. The first-order valence-corrected chi connectivity index (χ1v) is 7.05. The number of imide groups is 1. The Morgan fingerprint density at radius 3 is 2.91 bits per heavy atom. The van der Waals surface area contributed by atoms with E-state index >= 15 is 0 Å². The molecule has 0 aliphatic carbocycles. The van der Waals surface area contributed by atoms with Gasteiger partial charge in [-0.3, -0.25) is 19.6 Å². The zero-order valence-corrected chi connectivity index (χ0v) is 12.9. The molecular formula is C14H10BrN5O2. The van der Waals surface area contributed by atoms with Gasteiger partial charge in [0.15, 0.2) is 5.65 Å². The topological polar surface area (TPSA) is 91.3 Å². The highest BCUT2D eigenvalue weighted by atomic mass is 79.9. The zero-order valence-electron chi connectivity index (χ0n) is 11.3. The van der Waals surface area contributed by atoms with Crippen molar-refractivity contribution in [1.29, 1.82) is 0 Å². The van der Waals surface area contributed by atoms with Gasteiger partial charge >= 0.3 is 0 Å². The third kappa shape index (κ3) is 2.17. The number of halogens is 1. The molecule has 0 radical (unpaired) electrons. The van der Waals surface area contributed by atoms with E-state index in [2.05, 4.69) is 49.3 Å². The third-order valence-corrected chi connectivity index (χ3v) is 3.69. The van der Waals surface area contributed by atoms with E-state index in [0.717, 1.165) is 4.90 Å². The van der Waals surface area contributed by atoms with Crippen molar-refractivity contribution in [3.8, 4) is 0 Å². The molecule has 0 saturated heterocycles. The van der Waals surface area contributed by atoms with Crippen molar-refractivity contribution >= 4 is 43.4 Å². The average Bonchev–Trinajstić information content (AvgIpc) is 3.05. The van der Waals surface area contributed by atoms with Gasteiger partial charge in [-0.2, -0.15) is 5.10 Å². The van der Waals surface area contributed by atoms with Crippen LogP contribution >= 0.6 is 15.9 Å². The molecule has 0 aromatic carbocycles. The second-order valence-corrected chi connectivity index (χ2v) is 5.39. The molecule has 110 valence electrons. The minimum absolute atomic E-state index is 0.00533. The highest BCUT2D eigenvalue weighted by Crippen LogP contribution is 2.28. The molecule has 1 N–H and O–H groups in total. The Hall–Kier alpha value is -2.61. The van der Waals surface area contributed by atoms with Crippen molar-refractivity contribution in [2.75, 3.05) is 6.54 Å². The van der Waals surface area contributed by atoms with Crippen LogP contribution in [0.25, 0.3) is 11.0 Å². The molecule has 0 spiro atoms. The van der Waals surface area contributed by atoms with Gasteiger partial charge in [0.25, 0.3) is 11.8 Å². The summed E-state index contributed by atoms with van der Waals surface area (Å²) in [6, 6.07) is 0. The van der Waals surface area contributed by atoms with Crippen molar-refractivity contribution in [2.45, 2.75) is 0 Å². The molecule has 2 aromatic heterocycles. The minimum Gasteiger partial charge on any atom is -0.269 e. The summed E-state index contributed by atoms with van der Waals surface area (Å²) >= 11 is 3.17. The van der Waals surface area contributed by atoms with E-state index in [1.54, 1.807) is 0 Å². The van der Waals surface area contributed by atoms with E-state index in [1.165, 1.54) is 18.5 Å². The molecule has 0 saturated carbocycles. The number of fused-ring (bicyclic) bond motifs is 3. The standard InChI is InChI=1S/C14H10BrN5O2/c1-3-10(15)18-7(2)6-20-13(21)9-4-16-12-8(5-17-19-12)11(9)14(20)22/h3-5H,1-2,6H2,(H,16,17,19). The van der Waals surface area contributed by atoms with Crippen molar-refractivity contribution in [3.63, 3.8) is 0 Å². The van der Waals surface area contributed by atoms with Gasteiger partial charge < -0.3 is 0 Å². The smallest absolute Gasteiger partial charge is 0.263 e. The predicted molar refractivity (Wildman–Crippen MR) is 85.0 cm³/mol. The molecule has 0 fully saturated rings. The number of nitrogens with one attached hydrogen (secondary N) is 1. The van der Waals surface area contributed by atoms with E-state index in [1.807, 2.05) is 0 Å². The van der Waals surface area contributed by atoms with Gasteiger partial charge in [-0.05, 0) is 22.0 Å². The van der Waals surface area contributed by atoms with Crippen LogP contribution in [0.3, 0.4) is 0 Å². The zero-order chi connectivity index (χ0) is 15.9. The first-order valence-electron chi connectivity index (χ1n) is 6.25. The largest absolute Gasteiger partial charge is 0.269 e. The molecule has 2 amide bonds. The number of rotatable bonds is 4.